The van der Waals surface area contributed by atoms with Crippen molar-refractivity contribution in [2.24, 2.45) is 0 Å². The van der Waals surface area contributed by atoms with E-state index < -0.39 is 0 Å². The van der Waals surface area contributed by atoms with Crippen molar-refractivity contribution in [3.63, 3.8) is 0 Å². The molecule has 0 N–H and O–H groups in total. The Morgan fingerprint density at radius 1 is 1.30 bits per heavy atom. The van der Waals surface area contributed by atoms with Crippen molar-refractivity contribution < 1.29 is 4.39 Å². The Balaban J connectivity index is 0.000000236. The van der Waals surface area contributed by atoms with Crippen molar-refractivity contribution in [1.82, 2.24) is 0 Å². The van der Waals surface area contributed by atoms with Gasteiger partial charge in [0.25, 0.3) is 0 Å². The van der Waals surface area contributed by atoms with Gasteiger partial charge in [0.15, 0.2) is 0 Å². The van der Waals surface area contributed by atoms with E-state index in [2.05, 4.69) is 25.5 Å². The van der Waals surface area contributed by atoms with Crippen LogP contribution >= 0.6 is 19.4 Å². The third kappa shape index (κ3) is 7.48. The number of hydrogen-bond acceptors (Lipinski definition) is 0. The molecule has 0 aromatic heterocycles. The topological polar surface area (TPSA) is 0 Å². The zero-order valence-corrected chi connectivity index (χ0v) is 10.5. The molecule has 0 nitrogen and oxygen atoms in total. The summed E-state index contributed by atoms with van der Waals surface area (Å²) < 4.78 is 11.9. The van der Waals surface area contributed by atoms with Crippen LogP contribution in [0.2, 0.25) is 0 Å². The van der Waals surface area contributed by atoms with Crippen molar-refractivity contribution >= 4 is 47.4 Å². The molecule has 1 aromatic rings. The van der Waals surface area contributed by atoms with Crippen molar-refractivity contribution in [2.75, 3.05) is 0 Å². The molecule has 0 aliphatic rings. The van der Waals surface area contributed by atoms with Crippen molar-refractivity contribution in [3.8, 4) is 0 Å². The molecule has 0 spiro atoms. The van der Waals surface area contributed by atoms with Crippen LogP contribution in [0.25, 0.3) is 0 Å². The molecule has 0 fully saturated rings. The summed E-state index contributed by atoms with van der Waals surface area (Å²) in [6.07, 6.45) is 0. The molecule has 1 rings (SSSR count). The van der Waals surface area contributed by atoms with E-state index >= 15 is 0 Å². The molecular formula is C6H4Br2CaF. The van der Waals surface area contributed by atoms with Gasteiger partial charge in [0.05, 0.1) is 0 Å². The first-order chi connectivity index (χ1) is 4.81. The fourth-order valence-corrected chi connectivity index (χ4v) is 0.367. The van der Waals surface area contributed by atoms with E-state index in [0.717, 1.165) is 0 Å². The molecule has 0 saturated heterocycles. The van der Waals surface area contributed by atoms with Crippen LogP contribution in [0.15, 0.2) is 24.3 Å². The van der Waals surface area contributed by atoms with E-state index in [4.69, 9.17) is 0 Å². The summed E-state index contributed by atoms with van der Waals surface area (Å²) in [5, 5.41) is 0. The van der Waals surface area contributed by atoms with Gasteiger partial charge in [-0.15, -0.1) is 0 Å². The molecule has 0 atom stereocenters. The van der Waals surface area contributed by atoms with Gasteiger partial charge in [-0.3, -0.25) is 0 Å². The van der Waals surface area contributed by atoms with Crippen LogP contribution in [0.4, 0.5) is 4.39 Å². The number of rotatable bonds is 0. The zero-order chi connectivity index (χ0) is 7.82. The van der Waals surface area contributed by atoms with E-state index in [0.29, 0.717) is 0 Å². The van der Waals surface area contributed by atoms with Crippen LogP contribution in [-0.2, 0) is 0 Å². The van der Waals surface area contributed by atoms with Crippen LogP contribution in [0.3, 0.4) is 0 Å². The maximum atomic E-state index is 11.9. The normalized spacial score (nSPS) is 7.10. The van der Waals surface area contributed by atoms with Gasteiger partial charge in [-0.05, 0) is 18.2 Å². The van der Waals surface area contributed by atoms with Gasteiger partial charge in [0.1, 0.15) is 5.82 Å². The molecule has 0 aliphatic carbocycles. The third-order valence-corrected chi connectivity index (χ3v) is 0.678. The van der Waals surface area contributed by atoms with E-state index in [9.17, 15) is 4.39 Å². The molecule has 0 amide bonds. The molecule has 0 bridgehead atoms. The number of benzene rings is 1. The van der Waals surface area contributed by atoms with Gasteiger partial charge >= 0.3 is 47.4 Å². The summed E-state index contributed by atoms with van der Waals surface area (Å²) in [6.45, 7) is 0. The predicted octanol–water partition coefficient (Wildman–Crippen LogP) is 2.94. The number of halogens is 3. The Bertz CT molecular complexity index is 157. The summed E-state index contributed by atoms with van der Waals surface area (Å²) >= 11 is -0.250. The molecule has 0 aliphatic heterocycles. The van der Waals surface area contributed by atoms with Gasteiger partial charge in [0, 0.05) is 0 Å². The SMILES string of the molecule is Fc1cc[c]cc1.[Br][Ca][Br]. The molecule has 10 heavy (non-hydrogen) atoms. The Morgan fingerprint density at radius 2 is 1.70 bits per heavy atom. The first-order valence-electron chi connectivity index (χ1n) is 2.54. The first-order valence-corrected chi connectivity index (χ1v) is 13.5. The quantitative estimate of drug-likeness (QED) is 0.646. The van der Waals surface area contributed by atoms with Crippen molar-refractivity contribution in [2.45, 2.75) is 0 Å². The molecule has 0 unspecified atom stereocenters. The summed E-state index contributed by atoms with van der Waals surface area (Å²) in [7, 11) is 6.50. The maximum absolute atomic E-state index is 11.9. The van der Waals surface area contributed by atoms with Gasteiger partial charge in [0.2, 0.25) is 0 Å². The molecule has 0 heterocycles. The van der Waals surface area contributed by atoms with Crippen LogP contribution < -0.4 is 0 Å². The number of hydrogen-bond donors (Lipinski definition) is 0. The summed E-state index contributed by atoms with van der Waals surface area (Å²) in [6, 6.07) is 8.49. The van der Waals surface area contributed by atoms with Gasteiger partial charge in [-0.25, -0.2) is 4.39 Å². The predicted molar refractivity (Wildman–Crippen MR) is 48.8 cm³/mol. The minimum atomic E-state index is -0.250. The Labute approximate surface area is 86.4 Å². The van der Waals surface area contributed by atoms with E-state index in [-0.39, 0.29) is 33.8 Å². The summed E-state index contributed by atoms with van der Waals surface area (Å²) in [5.74, 6) is -0.209. The fraction of sp³-hybridized carbons (Fsp3) is 0. The van der Waals surface area contributed by atoms with Crippen molar-refractivity contribution in [3.05, 3.63) is 36.1 Å². The van der Waals surface area contributed by atoms with Gasteiger partial charge in [-0.1, -0.05) is 12.1 Å². The minimum absolute atomic E-state index is 0.209. The Kier molecular flexibility index (Phi) is 9.63. The molecular weight excluding hydrogens is 291 g/mol. The summed E-state index contributed by atoms with van der Waals surface area (Å²) in [5.41, 5.74) is 0. The molecule has 0 saturated carbocycles. The van der Waals surface area contributed by atoms with Gasteiger partial charge in [-0.2, -0.15) is 0 Å². The second kappa shape index (κ2) is 8.47. The van der Waals surface area contributed by atoms with E-state index in [1.54, 1.807) is 0 Å². The first kappa shape index (κ1) is 11.4. The van der Waals surface area contributed by atoms with Crippen LogP contribution in [0.5, 0.6) is 0 Å². The molecule has 1 aromatic carbocycles. The fourth-order valence-electron chi connectivity index (χ4n) is 0.367. The molecule has 4 heteroatoms. The Morgan fingerprint density at radius 3 is 1.90 bits per heavy atom. The second-order valence-electron chi connectivity index (χ2n) is 1.32. The van der Waals surface area contributed by atoms with E-state index in [1.807, 2.05) is 0 Å². The van der Waals surface area contributed by atoms with E-state index in [1.165, 1.54) is 24.3 Å². The average molecular weight is 295 g/mol. The van der Waals surface area contributed by atoms with Crippen molar-refractivity contribution in [1.29, 1.82) is 0 Å². The van der Waals surface area contributed by atoms with Gasteiger partial charge < -0.3 is 0 Å². The van der Waals surface area contributed by atoms with Crippen LogP contribution in [0, 0.1) is 11.9 Å². The molecule has 51 valence electrons. The monoisotopic (exact) mass is 293 g/mol. The summed E-state index contributed by atoms with van der Waals surface area (Å²) in [4.78, 5) is 0. The molecule has 1 radical (unpaired) electrons. The Hall–Kier alpha value is 1.37. The van der Waals surface area contributed by atoms with Crippen LogP contribution in [0.1, 0.15) is 0 Å². The standard InChI is InChI=1S/C6H4F.2BrH.Ca/c7-6-4-2-1-3-5-6;;;/h2-5H;2*1H;/q;;;+2/p-2. The second-order valence-corrected chi connectivity index (χ2v) is 12.5. The zero-order valence-electron chi connectivity index (χ0n) is 5.15. The van der Waals surface area contributed by atoms with Crippen LogP contribution in [-0.4, -0.2) is 28.0 Å². The third-order valence-electron chi connectivity index (χ3n) is 0.678. The average Bonchev–Trinajstić information content (AvgIpc) is 1.91.